The van der Waals surface area contributed by atoms with Gasteiger partial charge in [-0.05, 0) is 12.1 Å². The van der Waals surface area contributed by atoms with E-state index in [4.69, 9.17) is 18.3 Å². The highest BCUT2D eigenvalue weighted by Crippen LogP contribution is 2.28. The summed E-state index contributed by atoms with van der Waals surface area (Å²) in [7, 11) is 8.93. The molecule has 0 atom stereocenters. The molecular weight excluding hydrogens is 151 g/mol. The molecule has 1 rings (SSSR count). The number of ether oxygens (including phenoxy) is 1. The summed E-state index contributed by atoms with van der Waals surface area (Å²) in [6, 6.07) is 3.41. The molecule has 0 heterocycles. The Morgan fingerprint density at radius 2 is 2.17 bits per heavy atom. The number of nitrogens with one attached hydrogen (secondary N) is 1. The normalized spacial score (nSPS) is 9.50. The maximum atomic E-state index is 5.69. The van der Waals surface area contributed by atoms with Gasteiger partial charge in [-0.3, -0.25) is 0 Å². The summed E-state index contributed by atoms with van der Waals surface area (Å²) >= 11 is 0. The van der Waals surface area contributed by atoms with Crippen molar-refractivity contribution in [1.29, 1.82) is 0 Å². The fourth-order valence-corrected chi connectivity index (χ4v) is 1.09. The van der Waals surface area contributed by atoms with E-state index in [0.29, 0.717) is 16.9 Å². The number of benzene rings is 1. The van der Waals surface area contributed by atoms with E-state index in [-0.39, 0.29) is 0 Å². The van der Waals surface area contributed by atoms with E-state index in [1.54, 1.807) is 26.3 Å². The van der Waals surface area contributed by atoms with Crippen LogP contribution in [0.2, 0.25) is 0 Å². The van der Waals surface area contributed by atoms with Crippen LogP contribution in [-0.2, 0) is 0 Å². The van der Waals surface area contributed by atoms with Gasteiger partial charge in [-0.2, -0.15) is 0 Å². The Hall–Kier alpha value is -1.32. The van der Waals surface area contributed by atoms with Gasteiger partial charge in [-0.25, -0.2) is 0 Å². The maximum Gasteiger partial charge on any atom is 0.143 e. The number of nitrogens with two attached hydrogens (primary N) is 1. The van der Waals surface area contributed by atoms with Gasteiger partial charge in [0.2, 0.25) is 0 Å². The van der Waals surface area contributed by atoms with Crippen LogP contribution in [0.5, 0.6) is 5.75 Å². The van der Waals surface area contributed by atoms with Gasteiger partial charge in [0, 0.05) is 7.05 Å². The molecular formula is C8H11BN2O. The van der Waals surface area contributed by atoms with Gasteiger partial charge in [0.1, 0.15) is 13.6 Å². The first kappa shape index (κ1) is 8.78. The van der Waals surface area contributed by atoms with E-state index in [0.717, 1.165) is 5.69 Å². The van der Waals surface area contributed by atoms with Crippen molar-refractivity contribution in [2.45, 2.75) is 0 Å². The monoisotopic (exact) mass is 162 g/mol. The minimum absolute atomic E-state index is 0.592. The molecule has 0 saturated heterocycles. The molecule has 3 nitrogen and oxygen atoms in total. The van der Waals surface area contributed by atoms with Crippen molar-refractivity contribution in [3.05, 3.63) is 12.1 Å². The summed E-state index contributed by atoms with van der Waals surface area (Å²) in [5.74, 6) is 0.662. The van der Waals surface area contributed by atoms with Gasteiger partial charge in [-0.15, -0.1) is 0 Å². The van der Waals surface area contributed by atoms with Gasteiger partial charge in [0.25, 0.3) is 0 Å². The van der Waals surface area contributed by atoms with Gasteiger partial charge >= 0.3 is 0 Å². The van der Waals surface area contributed by atoms with Crippen molar-refractivity contribution in [3.8, 4) is 5.75 Å². The second kappa shape index (κ2) is 3.39. The van der Waals surface area contributed by atoms with Crippen molar-refractivity contribution in [2.24, 2.45) is 0 Å². The maximum absolute atomic E-state index is 5.69. The van der Waals surface area contributed by atoms with Crippen molar-refractivity contribution in [2.75, 3.05) is 25.2 Å². The third-order valence-corrected chi connectivity index (χ3v) is 1.62. The third kappa shape index (κ3) is 1.47. The van der Waals surface area contributed by atoms with Crippen LogP contribution in [0.4, 0.5) is 11.4 Å². The first-order valence-corrected chi connectivity index (χ1v) is 3.59. The predicted molar refractivity (Wildman–Crippen MR) is 52.3 cm³/mol. The van der Waals surface area contributed by atoms with Gasteiger partial charge in [-0.1, -0.05) is 5.46 Å². The Labute approximate surface area is 73.3 Å². The van der Waals surface area contributed by atoms with E-state index >= 15 is 0 Å². The second-order valence-corrected chi connectivity index (χ2v) is 2.44. The number of anilines is 2. The first-order valence-electron chi connectivity index (χ1n) is 3.59. The first-order chi connectivity index (χ1) is 5.69. The summed E-state index contributed by atoms with van der Waals surface area (Å²) in [4.78, 5) is 0. The molecule has 12 heavy (non-hydrogen) atoms. The van der Waals surface area contributed by atoms with E-state index in [1.807, 2.05) is 0 Å². The van der Waals surface area contributed by atoms with E-state index in [1.165, 1.54) is 0 Å². The third-order valence-electron chi connectivity index (χ3n) is 1.62. The summed E-state index contributed by atoms with van der Waals surface area (Å²) in [6.45, 7) is 0. The molecule has 62 valence electrons. The van der Waals surface area contributed by atoms with Crippen LogP contribution in [0, 0.1) is 0 Å². The van der Waals surface area contributed by atoms with Crippen molar-refractivity contribution in [3.63, 3.8) is 0 Å². The molecule has 0 spiro atoms. The van der Waals surface area contributed by atoms with Crippen molar-refractivity contribution < 1.29 is 4.74 Å². The molecule has 0 aliphatic carbocycles. The Morgan fingerprint density at radius 3 is 2.67 bits per heavy atom. The largest absolute Gasteiger partial charge is 0.495 e. The molecule has 0 aliphatic rings. The molecule has 0 saturated carbocycles. The number of hydrogen-bond donors (Lipinski definition) is 2. The fourth-order valence-electron chi connectivity index (χ4n) is 1.09. The standard InChI is InChI=1S/C8H11BN2O/c1-11-8-6(10)3-5(9)4-7(8)12-2/h3-4,11H,10H2,1-2H3. The van der Waals surface area contributed by atoms with E-state index < -0.39 is 0 Å². The van der Waals surface area contributed by atoms with Gasteiger partial charge in [0.15, 0.2) is 0 Å². The molecule has 0 fully saturated rings. The topological polar surface area (TPSA) is 47.3 Å². The lowest BCUT2D eigenvalue weighted by molar-refractivity contribution is 0.417. The van der Waals surface area contributed by atoms with Gasteiger partial charge < -0.3 is 15.8 Å². The zero-order valence-electron chi connectivity index (χ0n) is 7.22. The Bertz CT molecular complexity index is 289. The van der Waals surface area contributed by atoms with Crippen LogP contribution < -0.4 is 21.3 Å². The zero-order valence-corrected chi connectivity index (χ0v) is 7.22. The number of hydrogen-bond acceptors (Lipinski definition) is 3. The van der Waals surface area contributed by atoms with Crippen LogP contribution in [0.15, 0.2) is 12.1 Å². The summed E-state index contributed by atoms with van der Waals surface area (Å²) < 4.78 is 5.08. The van der Waals surface area contributed by atoms with Crippen LogP contribution in [0.1, 0.15) is 0 Å². The fraction of sp³-hybridized carbons (Fsp3) is 0.250. The number of methoxy groups -OCH3 is 1. The van der Waals surface area contributed by atoms with Crippen LogP contribution in [0.3, 0.4) is 0 Å². The predicted octanol–water partition coefficient (Wildman–Crippen LogP) is 0.113. The summed E-state index contributed by atoms with van der Waals surface area (Å²) in [6.07, 6.45) is 0. The summed E-state index contributed by atoms with van der Waals surface area (Å²) in [5.41, 5.74) is 7.65. The molecule has 0 aliphatic heterocycles. The summed E-state index contributed by atoms with van der Waals surface area (Å²) in [5, 5.41) is 2.94. The quantitative estimate of drug-likeness (QED) is 0.479. The molecule has 1 aromatic rings. The Morgan fingerprint density at radius 1 is 1.50 bits per heavy atom. The molecule has 0 amide bonds. The lowest BCUT2D eigenvalue weighted by atomic mass is 9.95. The van der Waals surface area contributed by atoms with Gasteiger partial charge in [0.05, 0.1) is 18.5 Å². The van der Waals surface area contributed by atoms with Crippen LogP contribution in [-0.4, -0.2) is 22.0 Å². The Kier molecular flexibility index (Phi) is 2.48. The van der Waals surface area contributed by atoms with Crippen molar-refractivity contribution in [1.82, 2.24) is 0 Å². The Balaban J connectivity index is 3.24. The number of nitrogen functional groups attached to an aromatic ring is 1. The van der Waals surface area contributed by atoms with E-state index in [9.17, 15) is 0 Å². The van der Waals surface area contributed by atoms with Crippen molar-refractivity contribution >= 4 is 24.7 Å². The average Bonchev–Trinajstić information content (AvgIpc) is 2.03. The smallest absolute Gasteiger partial charge is 0.143 e. The average molecular weight is 162 g/mol. The minimum Gasteiger partial charge on any atom is -0.495 e. The lowest BCUT2D eigenvalue weighted by Crippen LogP contribution is -2.08. The molecule has 0 aromatic heterocycles. The minimum atomic E-state index is 0.592. The molecule has 1 aromatic carbocycles. The second-order valence-electron chi connectivity index (χ2n) is 2.44. The SMILES string of the molecule is [B]c1cc(N)c(NC)c(OC)c1. The zero-order chi connectivity index (χ0) is 9.14. The van der Waals surface area contributed by atoms with Crippen LogP contribution in [0.25, 0.3) is 0 Å². The molecule has 0 bridgehead atoms. The molecule has 4 heteroatoms. The highest BCUT2D eigenvalue weighted by atomic mass is 16.5. The molecule has 0 unspecified atom stereocenters. The lowest BCUT2D eigenvalue weighted by Gasteiger charge is -2.11. The number of rotatable bonds is 2. The van der Waals surface area contributed by atoms with Crippen LogP contribution >= 0.6 is 0 Å². The van der Waals surface area contributed by atoms with E-state index in [2.05, 4.69) is 5.32 Å². The highest BCUT2D eigenvalue weighted by Gasteiger charge is 2.04. The highest BCUT2D eigenvalue weighted by molar-refractivity contribution is 6.33. The molecule has 2 radical (unpaired) electrons. The molecule has 3 N–H and O–H groups in total.